The van der Waals surface area contributed by atoms with Gasteiger partial charge in [-0.3, -0.25) is 4.79 Å². The predicted molar refractivity (Wildman–Crippen MR) is 126 cm³/mol. The molecule has 1 aliphatic carbocycles. The number of nitrogens with zero attached hydrogens (tertiary/aromatic N) is 2. The summed E-state index contributed by atoms with van der Waals surface area (Å²) in [6, 6.07) is 12.5. The Morgan fingerprint density at radius 1 is 1.14 bits per heavy atom. The van der Waals surface area contributed by atoms with Crippen molar-refractivity contribution in [3.8, 4) is 5.75 Å². The molecule has 1 unspecified atom stereocenters. The van der Waals surface area contributed by atoms with Gasteiger partial charge < -0.3 is 20.4 Å². The maximum Gasteiger partial charge on any atom is 0.416 e. The monoisotopic (exact) mass is 481 g/mol. The summed E-state index contributed by atoms with van der Waals surface area (Å²) >= 11 is 0. The van der Waals surface area contributed by atoms with E-state index in [1.54, 1.807) is 0 Å². The quantitative estimate of drug-likeness (QED) is 0.352. The third-order valence-corrected chi connectivity index (χ3v) is 6.17. The molecular formula is C25H22F3N5O2. The van der Waals surface area contributed by atoms with Gasteiger partial charge in [-0.05, 0) is 55.2 Å². The number of methoxy groups -OCH3 is 1. The van der Waals surface area contributed by atoms with Gasteiger partial charge in [-0.1, -0.05) is 18.2 Å². The summed E-state index contributed by atoms with van der Waals surface area (Å²) in [5.74, 6) is 0.239. The minimum atomic E-state index is -4.50. The number of nitrogens with one attached hydrogen (secondary N) is 3. The Hall–Kier alpha value is -4.08. The van der Waals surface area contributed by atoms with Crippen LogP contribution in [0.2, 0.25) is 0 Å². The summed E-state index contributed by atoms with van der Waals surface area (Å²) in [5, 5.41) is 6.61. The van der Waals surface area contributed by atoms with Crippen molar-refractivity contribution in [1.82, 2.24) is 15.0 Å². The zero-order chi connectivity index (χ0) is 24.6. The van der Waals surface area contributed by atoms with Crippen molar-refractivity contribution in [3.63, 3.8) is 0 Å². The van der Waals surface area contributed by atoms with E-state index < -0.39 is 11.7 Å². The van der Waals surface area contributed by atoms with Gasteiger partial charge in [-0.15, -0.1) is 0 Å². The number of aromatic nitrogens is 3. The van der Waals surface area contributed by atoms with Gasteiger partial charge in [0.1, 0.15) is 23.5 Å². The molecular weight excluding hydrogens is 459 g/mol. The van der Waals surface area contributed by atoms with E-state index in [0.29, 0.717) is 36.1 Å². The van der Waals surface area contributed by atoms with Gasteiger partial charge in [0.05, 0.1) is 23.7 Å². The Bertz CT molecular complexity index is 1390. The number of carbonyl (C=O) groups is 1. The summed E-state index contributed by atoms with van der Waals surface area (Å²) in [7, 11) is 1.39. The second-order valence-corrected chi connectivity index (χ2v) is 8.36. The summed E-state index contributed by atoms with van der Waals surface area (Å²) in [4.78, 5) is 24.8. The minimum absolute atomic E-state index is 0.0814. The van der Waals surface area contributed by atoms with Crippen LogP contribution in [0.5, 0.6) is 5.75 Å². The van der Waals surface area contributed by atoms with E-state index in [2.05, 4.69) is 25.6 Å². The zero-order valence-electron chi connectivity index (χ0n) is 18.7. The first-order chi connectivity index (χ1) is 16.8. The average molecular weight is 481 g/mol. The smallest absolute Gasteiger partial charge is 0.416 e. The molecule has 4 aromatic rings. The molecule has 7 nitrogen and oxygen atoms in total. The van der Waals surface area contributed by atoms with Crippen LogP contribution in [0.25, 0.3) is 11.0 Å². The highest BCUT2D eigenvalue weighted by Gasteiger charge is 2.32. The number of aryl methyl sites for hydroxylation is 1. The second-order valence-electron chi connectivity index (χ2n) is 8.36. The fourth-order valence-electron chi connectivity index (χ4n) is 4.44. The number of para-hydroxylation sites is 1. The molecule has 0 saturated carbocycles. The summed E-state index contributed by atoms with van der Waals surface area (Å²) in [6.45, 7) is 0. The van der Waals surface area contributed by atoms with Crippen molar-refractivity contribution in [3.05, 3.63) is 71.7 Å². The van der Waals surface area contributed by atoms with E-state index in [9.17, 15) is 18.0 Å². The van der Waals surface area contributed by atoms with Crippen LogP contribution in [0.3, 0.4) is 0 Å². The van der Waals surface area contributed by atoms with Crippen molar-refractivity contribution in [2.24, 2.45) is 5.92 Å². The number of amides is 1. The fraction of sp³-hybridized carbons (Fsp3) is 0.240. The van der Waals surface area contributed by atoms with Gasteiger partial charge in [0.15, 0.2) is 0 Å². The van der Waals surface area contributed by atoms with Crippen molar-refractivity contribution < 1.29 is 22.7 Å². The predicted octanol–water partition coefficient (Wildman–Crippen LogP) is 5.47. The number of anilines is 3. The zero-order valence-corrected chi connectivity index (χ0v) is 18.7. The first-order valence-electron chi connectivity index (χ1n) is 11.1. The third-order valence-electron chi connectivity index (χ3n) is 6.17. The third kappa shape index (κ3) is 4.51. The number of halogens is 3. The first kappa shape index (κ1) is 22.7. The van der Waals surface area contributed by atoms with Crippen molar-refractivity contribution in [2.45, 2.75) is 25.4 Å². The van der Waals surface area contributed by atoms with E-state index in [4.69, 9.17) is 4.74 Å². The molecule has 10 heteroatoms. The Kier molecular flexibility index (Phi) is 5.80. The lowest BCUT2D eigenvalue weighted by molar-refractivity contribution is -0.137. The summed E-state index contributed by atoms with van der Waals surface area (Å²) in [6.07, 6.45) is -1.40. The molecule has 1 aliphatic rings. The lowest BCUT2D eigenvalue weighted by Crippen LogP contribution is -2.28. The molecule has 1 atom stereocenters. The van der Waals surface area contributed by atoms with Crippen LogP contribution in [0.4, 0.5) is 30.4 Å². The van der Waals surface area contributed by atoms with Crippen molar-refractivity contribution in [2.75, 3.05) is 17.7 Å². The standard InChI is InChI=1S/C25H22F3N5O2/c1-35-20-10-8-15(25(26,27)28)12-19(20)33-23-21-17-11-14(24(34)31-16-5-3-2-4-6-16)7-9-18(17)32-22(21)29-13-30-23/h2-6,8,10,12-14H,7,9,11H2,1H3,(H,31,34)(H2,29,30,32,33). The Balaban J connectivity index is 1.48. The molecule has 0 spiro atoms. The van der Waals surface area contributed by atoms with E-state index in [1.807, 2.05) is 30.3 Å². The highest BCUT2D eigenvalue weighted by molar-refractivity contribution is 5.96. The Morgan fingerprint density at radius 3 is 2.69 bits per heavy atom. The minimum Gasteiger partial charge on any atom is -0.495 e. The number of benzene rings is 2. The lowest BCUT2D eigenvalue weighted by atomic mass is 9.86. The highest BCUT2D eigenvalue weighted by atomic mass is 19.4. The lowest BCUT2D eigenvalue weighted by Gasteiger charge is -2.22. The number of hydrogen-bond donors (Lipinski definition) is 3. The van der Waals surface area contributed by atoms with Gasteiger partial charge in [0.25, 0.3) is 0 Å². The number of hydrogen-bond acceptors (Lipinski definition) is 5. The van der Waals surface area contributed by atoms with Gasteiger partial charge in [0.2, 0.25) is 5.91 Å². The number of carbonyl (C=O) groups excluding carboxylic acids is 1. The molecule has 0 radical (unpaired) electrons. The van der Waals surface area contributed by atoms with Crippen molar-refractivity contribution >= 4 is 34.1 Å². The van der Waals surface area contributed by atoms with Crippen LogP contribution in [0.1, 0.15) is 23.2 Å². The maximum absolute atomic E-state index is 13.3. The number of aromatic amines is 1. The molecule has 180 valence electrons. The van der Waals surface area contributed by atoms with Crippen LogP contribution >= 0.6 is 0 Å². The second kappa shape index (κ2) is 8.94. The molecule has 2 aromatic carbocycles. The van der Waals surface area contributed by atoms with E-state index in [0.717, 1.165) is 29.1 Å². The number of rotatable bonds is 5. The molecule has 3 N–H and O–H groups in total. The van der Waals surface area contributed by atoms with Gasteiger partial charge >= 0.3 is 6.18 Å². The maximum atomic E-state index is 13.3. The Labute approximate surface area is 198 Å². The van der Waals surface area contributed by atoms with Crippen molar-refractivity contribution in [1.29, 1.82) is 0 Å². The van der Waals surface area contributed by atoms with Crippen LogP contribution in [0, 0.1) is 5.92 Å². The molecule has 0 aliphatic heterocycles. The normalized spacial score (nSPS) is 15.5. The molecule has 2 aromatic heterocycles. The number of fused-ring (bicyclic) bond motifs is 3. The number of H-pyrrole nitrogens is 1. The molecule has 1 amide bonds. The molecule has 0 bridgehead atoms. The first-order valence-corrected chi connectivity index (χ1v) is 11.1. The van der Waals surface area contributed by atoms with E-state index in [1.165, 1.54) is 19.5 Å². The highest BCUT2D eigenvalue weighted by Crippen LogP contribution is 2.39. The van der Waals surface area contributed by atoms with E-state index >= 15 is 0 Å². The van der Waals surface area contributed by atoms with Gasteiger partial charge in [-0.25, -0.2) is 9.97 Å². The van der Waals surface area contributed by atoms with Gasteiger partial charge in [-0.2, -0.15) is 13.2 Å². The van der Waals surface area contributed by atoms with Crippen LogP contribution < -0.4 is 15.4 Å². The number of alkyl halides is 3. The molecule has 2 heterocycles. The van der Waals surface area contributed by atoms with Crippen LogP contribution in [-0.4, -0.2) is 28.0 Å². The summed E-state index contributed by atoms with van der Waals surface area (Å²) < 4.78 is 45.2. The molecule has 35 heavy (non-hydrogen) atoms. The SMILES string of the molecule is COc1ccc(C(F)(F)F)cc1Nc1ncnc2[nH]c3c(c12)CC(C(=O)Nc1ccccc1)CC3. The fourth-order valence-corrected chi connectivity index (χ4v) is 4.44. The number of ether oxygens (including phenoxy) is 1. The average Bonchev–Trinajstić information content (AvgIpc) is 3.23. The summed E-state index contributed by atoms with van der Waals surface area (Å²) in [5.41, 5.74) is 2.44. The topological polar surface area (TPSA) is 91.9 Å². The largest absolute Gasteiger partial charge is 0.495 e. The van der Waals surface area contributed by atoms with E-state index in [-0.39, 0.29) is 23.3 Å². The molecule has 5 rings (SSSR count). The molecule has 0 fully saturated rings. The molecule has 0 saturated heterocycles. The van der Waals surface area contributed by atoms with Crippen LogP contribution in [0.15, 0.2) is 54.9 Å². The van der Waals surface area contributed by atoms with Gasteiger partial charge in [0, 0.05) is 17.3 Å². The van der Waals surface area contributed by atoms with Crippen LogP contribution in [-0.2, 0) is 23.8 Å². The Morgan fingerprint density at radius 2 is 1.94 bits per heavy atom.